The number of rotatable bonds is 9. The van der Waals surface area contributed by atoms with E-state index in [4.69, 9.17) is 4.74 Å². The largest absolute Gasteiger partial charge is 0.444 e. The van der Waals surface area contributed by atoms with Crippen molar-refractivity contribution in [2.75, 3.05) is 47.8 Å². The summed E-state index contributed by atoms with van der Waals surface area (Å²) in [4.78, 5) is 37.5. The van der Waals surface area contributed by atoms with Crippen molar-refractivity contribution in [2.45, 2.75) is 37.2 Å². The van der Waals surface area contributed by atoms with E-state index in [0.29, 0.717) is 5.69 Å². The molecule has 2 fully saturated rings. The molecule has 0 spiro atoms. The highest BCUT2D eigenvalue weighted by Gasteiger charge is 2.34. The Labute approximate surface area is 228 Å². The molecule has 216 valence electrons. The van der Waals surface area contributed by atoms with Crippen LogP contribution in [0.2, 0.25) is 0 Å². The number of hydrogen-bond acceptors (Lipinski definition) is 8. The van der Waals surface area contributed by atoms with Gasteiger partial charge in [0.1, 0.15) is 11.9 Å². The standard InChI is InChI=1S/C25H28F3N5O6S/c1-16(34)30-17-2-6-20(7-3-17)40(37,38)33-13-12-31(11-10-29-33)22-8-4-18(14-21(22)26)32-15-19(39-25(32)36)5-9-23(35)24(27)28/h2-4,6-8,14,19,24,29H,5,9-13,15H2,1H3,(H,30,34)/t19-/m0/s1. The van der Waals surface area contributed by atoms with Gasteiger partial charge in [-0.1, -0.05) is 0 Å². The van der Waals surface area contributed by atoms with Crippen molar-refractivity contribution in [1.29, 1.82) is 0 Å². The first-order valence-corrected chi connectivity index (χ1v) is 13.9. The van der Waals surface area contributed by atoms with Crippen molar-refractivity contribution in [2.24, 2.45) is 0 Å². The number of carbonyl (C=O) groups is 3. The second kappa shape index (κ2) is 12.2. The smallest absolute Gasteiger partial charge is 0.414 e. The van der Waals surface area contributed by atoms with Crippen molar-refractivity contribution in [3.05, 3.63) is 48.3 Å². The molecule has 15 heteroatoms. The summed E-state index contributed by atoms with van der Waals surface area (Å²) in [6.45, 7) is 1.99. The molecule has 2 saturated heterocycles. The Morgan fingerprint density at radius 1 is 1.12 bits per heavy atom. The van der Waals surface area contributed by atoms with E-state index in [9.17, 15) is 31.6 Å². The van der Waals surface area contributed by atoms with Gasteiger partial charge in [0.15, 0.2) is 5.78 Å². The van der Waals surface area contributed by atoms with E-state index in [1.165, 1.54) is 48.2 Å². The first kappa shape index (κ1) is 29.3. The third kappa shape index (κ3) is 6.71. The third-order valence-corrected chi connectivity index (χ3v) is 8.18. The summed E-state index contributed by atoms with van der Waals surface area (Å²) in [5, 5.41) is 2.57. The Kier molecular flexibility index (Phi) is 8.95. The zero-order valence-electron chi connectivity index (χ0n) is 21.5. The van der Waals surface area contributed by atoms with Gasteiger partial charge >= 0.3 is 6.09 Å². The lowest BCUT2D eigenvalue weighted by Crippen LogP contribution is -2.43. The van der Waals surface area contributed by atoms with Crippen molar-refractivity contribution < 1.29 is 40.7 Å². The van der Waals surface area contributed by atoms with Crippen LogP contribution in [-0.2, 0) is 24.3 Å². The lowest BCUT2D eigenvalue weighted by Gasteiger charge is -2.24. The molecule has 40 heavy (non-hydrogen) atoms. The fourth-order valence-corrected chi connectivity index (χ4v) is 5.73. The van der Waals surface area contributed by atoms with Gasteiger partial charge in [-0.25, -0.2) is 31.8 Å². The van der Waals surface area contributed by atoms with Crippen LogP contribution in [0.15, 0.2) is 47.4 Å². The van der Waals surface area contributed by atoms with Crippen LogP contribution in [0.4, 0.5) is 35.0 Å². The van der Waals surface area contributed by atoms with E-state index in [1.807, 2.05) is 0 Å². The zero-order chi connectivity index (χ0) is 29.0. The average molecular weight is 584 g/mol. The van der Waals surface area contributed by atoms with Crippen molar-refractivity contribution in [1.82, 2.24) is 9.84 Å². The molecular weight excluding hydrogens is 555 g/mol. The molecular formula is C25H28F3N5O6S. The monoisotopic (exact) mass is 583 g/mol. The number of ether oxygens (including phenoxy) is 1. The topological polar surface area (TPSA) is 128 Å². The molecule has 2 aliphatic heterocycles. The van der Waals surface area contributed by atoms with Gasteiger partial charge < -0.3 is 15.0 Å². The molecule has 2 aliphatic rings. The molecule has 2 amide bonds. The summed E-state index contributed by atoms with van der Waals surface area (Å²) in [5.41, 5.74) is 3.72. The van der Waals surface area contributed by atoms with E-state index in [2.05, 4.69) is 10.7 Å². The van der Waals surface area contributed by atoms with E-state index < -0.39 is 46.7 Å². The van der Waals surface area contributed by atoms with Crippen molar-refractivity contribution in [3.63, 3.8) is 0 Å². The number of hydrazine groups is 1. The molecule has 2 heterocycles. The van der Waals surface area contributed by atoms with Crippen LogP contribution in [0.25, 0.3) is 0 Å². The number of anilines is 3. The third-order valence-electron chi connectivity index (χ3n) is 6.42. The first-order chi connectivity index (χ1) is 19.0. The van der Waals surface area contributed by atoms with Gasteiger partial charge in [-0.15, -0.1) is 4.41 Å². The number of amides is 2. The normalized spacial score (nSPS) is 18.5. The highest BCUT2D eigenvalue weighted by molar-refractivity contribution is 7.89. The number of ketones is 1. The number of nitrogens with one attached hydrogen (secondary N) is 2. The Bertz CT molecular complexity index is 1380. The number of hydrogen-bond donors (Lipinski definition) is 2. The summed E-state index contributed by atoms with van der Waals surface area (Å²) in [6.07, 6.45) is -5.13. The summed E-state index contributed by atoms with van der Waals surface area (Å²) < 4.78 is 72.5. The number of halogens is 3. The molecule has 0 bridgehead atoms. The van der Waals surface area contributed by atoms with E-state index in [1.54, 1.807) is 4.90 Å². The van der Waals surface area contributed by atoms with E-state index >= 15 is 4.39 Å². The predicted molar refractivity (Wildman–Crippen MR) is 139 cm³/mol. The SMILES string of the molecule is CC(=O)Nc1ccc(S(=O)(=O)N2CCN(c3ccc(N4C[C@H](CCC(=O)C(F)F)OC4=O)cc3F)CCN2)cc1. The molecule has 0 unspecified atom stereocenters. The van der Waals surface area contributed by atoms with Crippen LogP contribution in [0, 0.1) is 5.82 Å². The highest BCUT2D eigenvalue weighted by Crippen LogP contribution is 2.29. The van der Waals surface area contributed by atoms with Gasteiger partial charge in [0, 0.05) is 45.2 Å². The Morgan fingerprint density at radius 3 is 2.50 bits per heavy atom. The van der Waals surface area contributed by atoms with Gasteiger partial charge in [0.05, 0.1) is 22.8 Å². The number of benzene rings is 2. The van der Waals surface area contributed by atoms with E-state index in [0.717, 1.165) is 10.5 Å². The number of sulfonamides is 1. The lowest BCUT2D eigenvalue weighted by atomic mass is 10.1. The van der Waals surface area contributed by atoms with Crippen LogP contribution >= 0.6 is 0 Å². The number of nitrogens with zero attached hydrogens (tertiary/aromatic N) is 3. The average Bonchev–Trinajstić information content (AvgIpc) is 3.10. The van der Waals surface area contributed by atoms with Gasteiger partial charge in [0.2, 0.25) is 5.91 Å². The summed E-state index contributed by atoms with van der Waals surface area (Å²) in [6, 6.07) is 9.86. The zero-order valence-corrected chi connectivity index (χ0v) is 22.3. The van der Waals surface area contributed by atoms with Crippen LogP contribution in [0.1, 0.15) is 19.8 Å². The molecule has 4 rings (SSSR count). The minimum Gasteiger partial charge on any atom is -0.444 e. The molecule has 2 aromatic rings. The minimum atomic E-state index is -3.92. The molecule has 11 nitrogen and oxygen atoms in total. The quantitative estimate of drug-likeness (QED) is 0.461. The van der Waals surface area contributed by atoms with Crippen LogP contribution < -0.4 is 20.5 Å². The first-order valence-electron chi connectivity index (χ1n) is 12.4. The Balaban J connectivity index is 1.39. The molecule has 0 aromatic heterocycles. The Hall–Kier alpha value is -3.69. The molecule has 0 aliphatic carbocycles. The molecule has 2 N–H and O–H groups in total. The van der Waals surface area contributed by atoms with Crippen LogP contribution in [-0.4, -0.2) is 75.9 Å². The molecule has 0 saturated carbocycles. The number of carbonyl (C=O) groups excluding carboxylic acids is 3. The maximum Gasteiger partial charge on any atom is 0.414 e. The second-order valence-electron chi connectivity index (χ2n) is 9.24. The highest BCUT2D eigenvalue weighted by atomic mass is 32.2. The second-order valence-corrected chi connectivity index (χ2v) is 11.1. The summed E-state index contributed by atoms with van der Waals surface area (Å²) >= 11 is 0. The summed E-state index contributed by atoms with van der Waals surface area (Å²) in [5.74, 6) is -2.16. The van der Waals surface area contributed by atoms with Gasteiger partial charge in [-0.2, -0.15) is 0 Å². The van der Waals surface area contributed by atoms with Crippen molar-refractivity contribution in [3.8, 4) is 0 Å². The van der Waals surface area contributed by atoms with Crippen LogP contribution in [0.3, 0.4) is 0 Å². The van der Waals surface area contributed by atoms with E-state index in [-0.39, 0.29) is 61.3 Å². The number of Topliss-reactive ketones (excluding diaryl/α,β-unsaturated/α-hetero) is 1. The molecule has 2 aromatic carbocycles. The predicted octanol–water partition coefficient (Wildman–Crippen LogP) is 2.74. The minimum absolute atomic E-state index is 0.00837. The van der Waals surface area contributed by atoms with Gasteiger partial charge in [-0.05, 0) is 48.9 Å². The Morgan fingerprint density at radius 2 is 1.85 bits per heavy atom. The van der Waals surface area contributed by atoms with Crippen molar-refractivity contribution >= 4 is 44.9 Å². The fraction of sp³-hybridized carbons (Fsp3) is 0.400. The summed E-state index contributed by atoms with van der Waals surface area (Å²) in [7, 11) is -3.92. The lowest BCUT2D eigenvalue weighted by molar-refractivity contribution is -0.130. The maximum atomic E-state index is 15.2. The van der Waals surface area contributed by atoms with Gasteiger partial charge in [0.25, 0.3) is 16.4 Å². The van der Waals surface area contributed by atoms with Crippen LogP contribution in [0.5, 0.6) is 0 Å². The molecule has 0 radical (unpaired) electrons. The maximum absolute atomic E-state index is 15.2. The van der Waals surface area contributed by atoms with Gasteiger partial charge in [-0.3, -0.25) is 14.5 Å². The molecule has 1 atom stereocenters. The fourth-order valence-electron chi connectivity index (χ4n) is 4.41. The number of alkyl halides is 2. The number of cyclic esters (lactones) is 1.